The van der Waals surface area contributed by atoms with Crippen LogP contribution in [0.25, 0.3) is 0 Å². The summed E-state index contributed by atoms with van der Waals surface area (Å²) >= 11 is 3.16. The number of rotatable bonds is 3. The minimum atomic E-state index is -0.491. The highest BCUT2D eigenvalue weighted by molar-refractivity contribution is 9.10. The molecule has 1 saturated carbocycles. The second kappa shape index (κ2) is 4.53. The van der Waals surface area contributed by atoms with Gasteiger partial charge in [-0.2, -0.15) is 0 Å². The summed E-state index contributed by atoms with van der Waals surface area (Å²) in [6.45, 7) is 1.96. The van der Waals surface area contributed by atoms with Crippen molar-refractivity contribution in [3.8, 4) is 0 Å². The van der Waals surface area contributed by atoms with Gasteiger partial charge in [0.2, 0.25) is 0 Å². The fraction of sp³-hybridized carbons (Fsp3) is 0.417. The minimum absolute atomic E-state index is 0.107. The molecular weight excluding hydrogens is 273 g/mol. The zero-order valence-corrected chi connectivity index (χ0v) is 10.6. The summed E-state index contributed by atoms with van der Waals surface area (Å²) in [4.78, 5) is 11.8. The maximum absolute atomic E-state index is 13.5. The molecule has 1 amide bonds. The normalized spacial score (nSPS) is 16.9. The minimum Gasteiger partial charge on any atom is -0.349 e. The molecule has 16 heavy (non-hydrogen) atoms. The third-order valence-electron chi connectivity index (χ3n) is 2.86. The van der Waals surface area contributed by atoms with E-state index in [-0.39, 0.29) is 17.5 Å². The van der Waals surface area contributed by atoms with E-state index in [2.05, 4.69) is 21.2 Å². The van der Waals surface area contributed by atoms with E-state index in [0.29, 0.717) is 10.4 Å². The van der Waals surface area contributed by atoms with Gasteiger partial charge < -0.3 is 5.32 Å². The highest BCUT2D eigenvalue weighted by atomic mass is 79.9. The lowest BCUT2D eigenvalue weighted by molar-refractivity contribution is 0.0932. The Labute approximate surface area is 102 Å². The molecule has 0 aromatic heterocycles. The molecule has 0 saturated heterocycles. The first-order chi connectivity index (χ1) is 7.58. The number of nitrogens with one attached hydrogen (secondary N) is 1. The Hall–Kier alpha value is -0.900. The zero-order chi connectivity index (χ0) is 11.7. The average Bonchev–Trinajstić information content (AvgIpc) is 2.99. The molecule has 1 atom stereocenters. The van der Waals surface area contributed by atoms with Gasteiger partial charge in [-0.3, -0.25) is 4.79 Å². The van der Waals surface area contributed by atoms with Crippen molar-refractivity contribution in [1.82, 2.24) is 5.32 Å². The van der Waals surface area contributed by atoms with Gasteiger partial charge in [0.1, 0.15) is 5.82 Å². The summed E-state index contributed by atoms with van der Waals surface area (Å²) in [5.41, 5.74) is 0.107. The first-order valence-electron chi connectivity index (χ1n) is 5.34. The molecule has 0 unspecified atom stereocenters. The molecular formula is C12H13BrFNO. The lowest BCUT2D eigenvalue weighted by Gasteiger charge is -2.13. The Morgan fingerprint density at radius 1 is 1.56 bits per heavy atom. The van der Waals surface area contributed by atoms with Crippen LogP contribution in [0.5, 0.6) is 0 Å². The second-order valence-electron chi connectivity index (χ2n) is 4.22. The number of halogens is 2. The summed E-state index contributed by atoms with van der Waals surface area (Å²) in [7, 11) is 0. The summed E-state index contributed by atoms with van der Waals surface area (Å²) in [5.74, 6) is -0.248. The molecule has 0 radical (unpaired) electrons. The molecule has 86 valence electrons. The summed E-state index contributed by atoms with van der Waals surface area (Å²) < 4.78 is 14.1. The third-order valence-corrected chi connectivity index (χ3v) is 3.36. The van der Waals surface area contributed by atoms with Crippen molar-refractivity contribution in [2.24, 2.45) is 5.92 Å². The van der Waals surface area contributed by atoms with Gasteiger partial charge in [0.15, 0.2) is 0 Å². The number of amides is 1. The van der Waals surface area contributed by atoms with Gasteiger partial charge in [-0.05, 0) is 43.9 Å². The van der Waals surface area contributed by atoms with Crippen LogP contribution >= 0.6 is 15.9 Å². The van der Waals surface area contributed by atoms with E-state index >= 15 is 0 Å². The molecule has 0 spiro atoms. The first-order valence-corrected chi connectivity index (χ1v) is 6.13. The van der Waals surface area contributed by atoms with Gasteiger partial charge in [-0.25, -0.2) is 4.39 Å². The SMILES string of the molecule is C[C@H](NC(=O)c1ccc(Br)cc1F)C1CC1. The molecule has 1 aliphatic carbocycles. The number of carbonyl (C=O) groups excluding carboxylic acids is 1. The predicted octanol–water partition coefficient (Wildman–Crippen LogP) is 3.12. The van der Waals surface area contributed by atoms with E-state index in [1.54, 1.807) is 6.07 Å². The maximum atomic E-state index is 13.5. The van der Waals surface area contributed by atoms with Crippen LogP contribution in [0, 0.1) is 11.7 Å². The van der Waals surface area contributed by atoms with Gasteiger partial charge in [-0.15, -0.1) is 0 Å². The van der Waals surface area contributed by atoms with Crippen molar-refractivity contribution < 1.29 is 9.18 Å². The van der Waals surface area contributed by atoms with E-state index < -0.39 is 5.82 Å². The van der Waals surface area contributed by atoms with Crippen LogP contribution < -0.4 is 5.32 Å². The van der Waals surface area contributed by atoms with Crippen LogP contribution in [0.3, 0.4) is 0 Å². The van der Waals surface area contributed by atoms with Crippen LogP contribution in [0.2, 0.25) is 0 Å². The monoisotopic (exact) mass is 285 g/mol. The highest BCUT2D eigenvalue weighted by Crippen LogP contribution is 2.32. The van der Waals surface area contributed by atoms with E-state index in [1.165, 1.54) is 12.1 Å². The van der Waals surface area contributed by atoms with Crippen molar-refractivity contribution in [3.05, 3.63) is 34.1 Å². The van der Waals surface area contributed by atoms with Crippen molar-refractivity contribution >= 4 is 21.8 Å². The van der Waals surface area contributed by atoms with Crippen LogP contribution in [0.4, 0.5) is 4.39 Å². The molecule has 1 fully saturated rings. The van der Waals surface area contributed by atoms with Crippen molar-refractivity contribution in [1.29, 1.82) is 0 Å². The number of hydrogen-bond donors (Lipinski definition) is 1. The number of carbonyl (C=O) groups is 1. The maximum Gasteiger partial charge on any atom is 0.254 e. The largest absolute Gasteiger partial charge is 0.349 e. The van der Waals surface area contributed by atoms with E-state index in [1.807, 2.05) is 6.92 Å². The third kappa shape index (κ3) is 2.61. The number of benzene rings is 1. The standard InChI is InChI=1S/C12H13BrFNO/c1-7(8-2-3-8)15-12(16)10-5-4-9(13)6-11(10)14/h4-8H,2-3H2,1H3,(H,15,16)/t7-/m0/s1. The lowest BCUT2D eigenvalue weighted by atomic mass is 10.1. The summed E-state index contributed by atoms with van der Waals surface area (Å²) in [6.07, 6.45) is 2.31. The summed E-state index contributed by atoms with van der Waals surface area (Å²) in [6, 6.07) is 4.60. The molecule has 1 aromatic rings. The van der Waals surface area contributed by atoms with Crippen LogP contribution in [-0.4, -0.2) is 11.9 Å². The Bertz CT molecular complexity index is 417. The van der Waals surface area contributed by atoms with Crippen LogP contribution in [0.15, 0.2) is 22.7 Å². The molecule has 0 bridgehead atoms. The second-order valence-corrected chi connectivity index (χ2v) is 5.14. The van der Waals surface area contributed by atoms with E-state index in [4.69, 9.17) is 0 Å². The quantitative estimate of drug-likeness (QED) is 0.908. The van der Waals surface area contributed by atoms with Crippen LogP contribution in [-0.2, 0) is 0 Å². The topological polar surface area (TPSA) is 29.1 Å². The fourth-order valence-corrected chi connectivity index (χ4v) is 2.01. The summed E-state index contributed by atoms with van der Waals surface area (Å²) in [5, 5.41) is 2.82. The van der Waals surface area contributed by atoms with Gasteiger partial charge in [-0.1, -0.05) is 15.9 Å². The molecule has 2 rings (SSSR count). The first kappa shape index (κ1) is 11.6. The van der Waals surface area contributed by atoms with Gasteiger partial charge in [0, 0.05) is 10.5 Å². The molecule has 2 nitrogen and oxygen atoms in total. The predicted molar refractivity (Wildman–Crippen MR) is 63.8 cm³/mol. The van der Waals surface area contributed by atoms with Crippen molar-refractivity contribution in [2.75, 3.05) is 0 Å². The van der Waals surface area contributed by atoms with Crippen molar-refractivity contribution in [3.63, 3.8) is 0 Å². The van der Waals surface area contributed by atoms with Crippen LogP contribution in [0.1, 0.15) is 30.1 Å². The van der Waals surface area contributed by atoms with E-state index in [9.17, 15) is 9.18 Å². The fourth-order valence-electron chi connectivity index (χ4n) is 1.67. The zero-order valence-electron chi connectivity index (χ0n) is 8.97. The Balaban J connectivity index is 2.07. The van der Waals surface area contributed by atoms with E-state index in [0.717, 1.165) is 12.8 Å². The molecule has 1 aliphatic rings. The lowest BCUT2D eigenvalue weighted by Crippen LogP contribution is -2.34. The molecule has 1 N–H and O–H groups in total. The Kier molecular flexibility index (Phi) is 3.28. The highest BCUT2D eigenvalue weighted by Gasteiger charge is 2.29. The molecule has 4 heteroatoms. The van der Waals surface area contributed by atoms with Gasteiger partial charge >= 0.3 is 0 Å². The van der Waals surface area contributed by atoms with Gasteiger partial charge in [0.05, 0.1) is 5.56 Å². The average molecular weight is 286 g/mol. The Morgan fingerprint density at radius 2 is 2.25 bits per heavy atom. The van der Waals surface area contributed by atoms with Gasteiger partial charge in [0.25, 0.3) is 5.91 Å². The number of hydrogen-bond acceptors (Lipinski definition) is 1. The van der Waals surface area contributed by atoms with Crippen molar-refractivity contribution in [2.45, 2.75) is 25.8 Å². The smallest absolute Gasteiger partial charge is 0.254 e. The Morgan fingerprint density at radius 3 is 2.81 bits per heavy atom. The molecule has 0 aliphatic heterocycles. The molecule has 1 aromatic carbocycles. The molecule has 0 heterocycles.